The Morgan fingerprint density at radius 2 is 1.15 bits per heavy atom. The highest BCUT2D eigenvalue weighted by atomic mass is 127. The number of rotatable bonds is 0. The smallest absolute Gasteiger partial charge is 0.314 e. The summed E-state index contributed by atoms with van der Waals surface area (Å²) in [6, 6.07) is 0. The van der Waals surface area contributed by atoms with Crippen molar-refractivity contribution in [3.63, 3.8) is 0 Å². The van der Waals surface area contributed by atoms with Gasteiger partial charge in [0.05, 0.1) is 18.7 Å². The number of halogens is 2. The van der Waals surface area contributed by atoms with Crippen LogP contribution < -0.4 is 0 Å². The molecule has 6 heteroatoms. The summed E-state index contributed by atoms with van der Waals surface area (Å²) in [5.41, 5.74) is -0.972. The fourth-order valence-electron chi connectivity index (χ4n) is 8.46. The number of esters is 2. The topological polar surface area (TPSA) is 52.6 Å². The van der Waals surface area contributed by atoms with Gasteiger partial charge in [0.25, 0.3) is 0 Å². The summed E-state index contributed by atoms with van der Waals surface area (Å²) in [6.07, 6.45) is 0.149. The lowest BCUT2D eigenvalue weighted by Gasteiger charge is -2.46. The number of hydrogen-bond donors (Lipinski definition) is 0. The lowest BCUT2D eigenvalue weighted by Crippen LogP contribution is -2.59. The van der Waals surface area contributed by atoms with Crippen LogP contribution in [0.1, 0.15) is 0 Å². The molecule has 0 unspecified atom stereocenters. The molecule has 2 saturated heterocycles. The molecule has 2 spiro atoms. The predicted molar refractivity (Wildman–Crippen MR) is 81.2 cm³/mol. The molecule has 0 aromatic heterocycles. The maximum Gasteiger partial charge on any atom is 0.314 e. The Hall–Kier alpha value is 0.400. The fourth-order valence-corrected chi connectivity index (χ4v) is 11.7. The van der Waals surface area contributed by atoms with E-state index in [9.17, 15) is 9.59 Å². The van der Waals surface area contributed by atoms with Crippen molar-refractivity contribution in [3.8, 4) is 0 Å². The number of alkyl halides is 2. The Balaban J connectivity index is 1.68. The molecule has 104 valence electrons. The maximum atomic E-state index is 12.9. The van der Waals surface area contributed by atoms with Gasteiger partial charge in [0.2, 0.25) is 0 Å². The number of carbonyl (C=O) groups is 2. The SMILES string of the molecule is O=C1O[C@@H]2[C@@H](I)[C@@H]3[C@@H]4[C@@H]5[C@@H]6[C@@H](I)[C@H]7OC(=O)[C@]3([C@@H]75)[C@]16[C@H]24. The van der Waals surface area contributed by atoms with Crippen LogP contribution >= 0.6 is 45.2 Å². The third-order valence-electron chi connectivity index (χ3n) is 8.07. The minimum Gasteiger partial charge on any atom is -0.460 e. The van der Waals surface area contributed by atoms with Crippen molar-refractivity contribution >= 4 is 57.1 Å². The van der Waals surface area contributed by atoms with Gasteiger partial charge < -0.3 is 9.47 Å². The summed E-state index contributed by atoms with van der Waals surface area (Å²) in [4.78, 5) is 25.8. The highest BCUT2D eigenvalue weighted by Gasteiger charge is 3.05. The van der Waals surface area contributed by atoms with Gasteiger partial charge in [0.1, 0.15) is 12.2 Å². The van der Waals surface area contributed by atoms with Gasteiger partial charge in [-0.1, -0.05) is 45.2 Å². The van der Waals surface area contributed by atoms with Crippen LogP contribution in [0, 0.1) is 46.3 Å². The maximum absolute atomic E-state index is 12.9. The number of ether oxygens (including phenoxy) is 2. The second-order valence-electron chi connectivity index (χ2n) is 7.62. The zero-order valence-corrected chi connectivity index (χ0v) is 14.5. The van der Waals surface area contributed by atoms with E-state index in [1.165, 1.54) is 0 Å². The lowest BCUT2D eigenvalue weighted by molar-refractivity contribution is -0.165. The van der Waals surface area contributed by atoms with E-state index in [4.69, 9.17) is 9.47 Å². The Morgan fingerprint density at radius 1 is 0.750 bits per heavy atom. The quantitative estimate of drug-likeness (QED) is 0.288. The molecule has 8 fully saturated rings. The van der Waals surface area contributed by atoms with Crippen molar-refractivity contribution in [2.24, 2.45) is 46.3 Å². The minimum absolute atomic E-state index is 0.0480. The third-order valence-corrected chi connectivity index (χ3v) is 11.0. The van der Waals surface area contributed by atoms with Crippen molar-refractivity contribution < 1.29 is 19.1 Å². The van der Waals surface area contributed by atoms with Gasteiger partial charge in [-0.15, -0.1) is 0 Å². The summed E-state index contributed by atoms with van der Waals surface area (Å²) in [5, 5.41) is 0. The van der Waals surface area contributed by atoms with Crippen LogP contribution in [-0.2, 0) is 19.1 Å². The molecule has 8 aliphatic rings. The van der Waals surface area contributed by atoms with Gasteiger partial charge in [0.15, 0.2) is 0 Å². The van der Waals surface area contributed by atoms with Gasteiger partial charge in [-0.05, 0) is 23.7 Å². The van der Waals surface area contributed by atoms with Crippen molar-refractivity contribution in [1.29, 1.82) is 0 Å². The molecule has 6 saturated carbocycles. The largest absolute Gasteiger partial charge is 0.460 e. The van der Waals surface area contributed by atoms with Crippen molar-refractivity contribution in [3.05, 3.63) is 0 Å². The first kappa shape index (κ1) is 11.0. The van der Waals surface area contributed by atoms with Gasteiger partial charge in [0, 0.05) is 11.8 Å². The molecule has 6 aliphatic carbocycles. The molecular weight excluding hydrogens is 486 g/mol. The van der Waals surface area contributed by atoms with E-state index in [1.54, 1.807) is 0 Å². The molecule has 4 nitrogen and oxygen atoms in total. The molecule has 20 heavy (non-hydrogen) atoms. The van der Waals surface area contributed by atoms with E-state index in [0.29, 0.717) is 43.4 Å². The first-order valence-corrected chi connectivity index (χ1v) is 9.79. The molecule has 0 amide bonds. The van der Waals surface area contributed by atoms with Crippen molar-refractivity contribution in [2.45, 2.75) is 20.1 Å². The summed E-state index contributed by atoms with van der Waals surface area (Å²) in [7, 11) is 0. The van der Waals surface area contributed by atoms with Crippen LogP contribution in [0.25, 0.3) is 0 Å². The molecule has 8 rings (SSSR count). The Kier molecular flexibility index (Phi) is 1.42. The minimum atomic E-state index is -0.486. The zero-order chi connectivity index (χ0) is 13.3. The van der Waals surface area contributed by atoms with Crippen LogP contribution in [0.4, 0.5) is 0 Å². The Labute approximate surface area is 142 Å². The van der Waals surface area contributed by atoms with E-state index < -0.39 is 10.8 Å². The lowest BCUT2D eigenvalue weighted by atomic mass is 9.51. The second-order valence-corrected chi connectivity index (χ2v) is 10.5. The monoisotopic (exact) mass is 496 g/mol. The van der Waals surface area contributed by atoms with Crippen LogP contribution in [0.5, 0.6) is 0 Å². The van der Waals surface area contributed by atoms with Crippen LogP contribution in [0.3, 0.4) is 0 Å². The molecule has 0 radical (unpaired) electrons. The van der Waals surface area contributed by atoms with E-state index >= 15 is 0 Å². The average molecular weight is 496 g/mol. The molecule has 0 N–H and O–H groups in total. The van der Waals surface area contributed by atoms with E-state index in [-0.39, 0.29) is 24.1 Å². The highest BCUT2D eigenvalue weighted by Crippen LogP contribution is 2.97. The standard InChI is InChI=1S/C14H10I2O4/c15-7-3-1-2-4-8(16)10-6(2)13(3,11(17)20-10)14(4)5(1)9(7)19-12(14)18/h1-10H/t1-,2+,3-,4+,5-,6+,7-,8+,9-,10-,13-,14+/m0/s1. The predicted octanol–water partition coefficient (Wildman–Crippen LogP) is 1.18. The Morgan fingerprint density at radius 3 is 1.55 bits per heavy atom. The molecule has 2 aliphatic heterocycles. The summed E-state index contributed by atoms with van der Waals surface area (Å²) in [5.74, 6) is 2.33. The van der Waals surface area contributed by atoms with Crippen LogP contribution in [0.2, 0.25) is 0 Å². The van der Waals surface area contributed by atoms with E-state index in [0.717, 1.165) is 0 Å². The molecule has 0 aromatic carbocycles. The first-order chi connectivity index (χ1) is 9.59. The van der Waals surface area contributed by atoms with Crippen molar-refractivity contribution in [1.82, 2.24) is 0 Å². The molecule has 12 atom stereocenters. The zero-order valence-electron chi connectivity index (χ0n) is 10.2. The summed E-state index contributed by atoms with van der Waals surface area (Å²) >= 11 is 4.88. The summed E-state index contributed by atoms with van der Waals surface area (Å²) in [6.45, 7) is 0. The highest BCUT2D eigenvalue weighted by molar-refractivity contribution is 14.1. The first-order valence-electron chi connectivity index (χ1n) is 7.30. The van der Waals surface area contributed by atoms with Crippen LogP contribution in [0.15, 0.2) is 0 Å². The van der Waals surface area contributed by atoms with Crippen LogP contribution in [-0.4, -0.2) is 32.0 Å². The van der Waals surface area contributed by atoms with Gasteiger partial charge in [-0.25, -0.2) is 0 Å². The normalized spacial score (nSPS) is 78.9. The van der Waals surface area contributed by atoms with Crippen molar-refractivity contribution in [2.75, 3.05) is 0 Å². The van der Waals surface area contributed by atoms with Gasteiger partial charge in [-0.3, -0.25) is 9.59 Å². The van der Waals surface area contributed by atoms with E-state index in [2.05, 4.69) is 45.2 Å². The molecule has 0 aromatic rings. The van der Waals surface area contributed by atoms with Gasteiger partial charge in [-0.2, -0.15) is 0 Å². The van der Waals surface area contributed by atoms with E-state index in [1.807, 2.05) is 0 Å². The third kappa shape index (κ3) is 0.587. The summed E-state index contributed by atoms with van der Waals surface area (Å²) < 4.78 is 12.2. The molecule has 2 heterocycles. The average Bonchev–Trinajstić information content (AvgIpc) is 3.16. The second kappa shape index (κ2) is 2.59. The van der Waals surface area contributed by atoms with Gasteiger partial charge >= 0.3 is 11.9 Å². The molecule has 8 bridgehead atoms. The fraction of sp³-hybridized carbons (Fsp3) is 0.857. The molecular formula is C14H10I2O4. The number of hydrogen-bond acceptors (Lipinski definition) is 4. The Bertz CT molecular complexity index is 610. The number of carbonyl (C=O) groups excluding carboxylic acids is 2.